The molecule has 0 aliphatic carbocycles. The molecular weight excluding hydrogens is 570 g/mol. The summed E-state index contributed by atoms with van der Waals surface area (Å²) in [5, 5.41) is 0.230. The number of carbonyl (C=O) groups is 1. The van der Waals surface area contributed by atoms with Crippen molar-refractivity contribution in [1.82, 2.24) is 19.8 Å². The maximum atomic E-state index is 16.6. The Bertz CT molecular complexity index is 1610. The van der Waals surface area contributed by atoms with E-state index in [1.807, 2.05) is 24.1 Å². The highest BCUT2D eigenvalue weighted by Crippen LogP contribution is 2.41. The van der Waals surface area contributed by atoms with E-state index in [4.69, 9.17) is 11.3 Å². The van der Waals surface area contributed by atoms with E-state index >= 15 is 8.78 Å². The van der Waals surface area contributed by atoms with Crippen LogP contribution < -0.4 is 9.64 Å². The van der Waals surface area contributed by atoms with Crippen molar-refractivity contribution >= 4 is 34.4 Å². The number of aromatic nitrogens is 2. The minimum absolute atomic E-state index is 0.0106. The van der Waals surface area contributed by atoms with Crippen molar-refractivity contribution in [2.45, 2.75) is 42.7 Å². The van der Waals surface area contributed by atoms with Gasteiger partial charge in [-0.05, 0) is 74.4 Å². The van der Waals surface area contributed by atoms with E-state index in [2.05, 4.69) is 26.3 Å². The fraction of sp³-hybridized carbons (Fsp3) is 0.438. The highest BCUT2D eigenvalue weighted by molar-refractivity contribution is 7.99. The Balaban J connectivity index is 1.46. The topological polar surface area (TPSA) is 66.2 Å². The number of likely N-dealkylation sites (N-methyl/N-ethyl adjacent to an activating group) is 1. The third-order valence-corrected chi connectivity index (χ3v) is 9.88. The average Bonchev–Trinajstić information content (AvgIpc) is 3.44. The zero-order valence-corrected chi connectivity index (χ0v) is 25.0. The lowest BCUT2D eigenvalue weighted by atomic mass is 9.94. The molecule has 4 heterocycles. The molecule has 1 amide bonds. The number of benzene rings is 2. The molecule has 1 aromatic heterocycles. The predicted octanol–water partition coefficient (Wildman–Crippen LogP) is 5.21. The fourth-order valence-electron chi connectivity index (χ4n) is 6.41. The molecule has 2 atom stereocenters. The van der Waals surface area contributed by atoms with Gasteiger partial charge in [0.1, 0.15) is 29.8 Å². The summed E-state index contributed by atoms with van der Waals surface area (Å²) in [4.78, 5) is 32.0. The van der Waals surface area contributed by atoms with Gasteiger partial charge in [0.2, 0.25) is 12.5 Å². The number of nitrogens with zero attached hydrogens (tertiary/aromatic N) is 6. The lowest BCUT2D eigenvalue weighted by Gasteiger charge is -2.39. The Labute approximate surface area is 254 Å². The summed E-state index contributed by atoms with van der Waals surface area (Å²) >= 11 is 1.71. The van der Waals surface area contributed by atoms with Crippen LogP contribution in [0.2, 0.25) is 0 Å². The predicted molar refractivity (Wildman–Crippen MR) is 164 cm³/mol. The van der Waals surface area contributed by atoms with E-state index in [0.717, 1.165) is 48.4 Å². The maximum Gasteiger partial charge on any atom is 0.319 e. The molecule has 3 aliphatic rings. The smallest absolute Gasteiger partial charge is 0.319 e. The van der Waals surface area contributed by atoms with Crippen molar-refractivity contribution in [2.75, 3.05) is 57.0 Å². The van der Waals surface area contributed by atoms with Gasteiger partial charge in [0.15, 0.2) is 5.82 Å². The number of carbonyl (C=O) groups excluding carboxylic acids is 1. The van der Waals surface area contributed by atoms with E-state index in [0.29, 0.717) is 31.1 Å². The van der Waals surface area contributed by atoms with Crippen molar-refractivity contribution in [3.05, 3.63) is 65.5 Å². The van der Waals surface area contributed by atoms with Crippen molar-refractivity contribution in [3.8, 4) is 17.1 Å². The van der Waals surface area contributed by atoms with Gasteiger partial charge in [0.25, 0.3) is 0 Å². The molecule has 3 aromatic rings. The molecule has 43 heavy (non-hydrogen) atoms. The summed E-state index contributed by atoms with van der Waals surface area (Å²) in [6.45, 7) is 13.4. The Morgan fingerprint density at radius 1 is 1.23 bits per heavy atom. The van der Waals surface area contributed by atoms with Gasteiger partial charge in [-0.1, -0.05) is 18.7 Å². The lowest BCUT2D eigenvalue weighted by molar-refractivity contribution is -0.128. The first kappa shape index (κ1) is 29.3. The molecule has 0 radical (unpaired) electrons. The van der Waals surface area contributed by atoms with E-state index < -0.39 is 17.7 Å². The number of piperazine rings is 1. The largest absolute Gasteiger partial charge is 0.462 e. The lowest BCUT2D eigenvalue weighted by Crippen LogP contribution is -2.56. The number of amides is 1. The summed E-state index contributed by atoms with van der Waals surface area (Å²) in [7, 11) is 2.04. The second-order valence-electron chi connectivity index (χ2n) is 11.3. The normalized spacial score (nSPS) is 20.6. The van der Waals surface area contributed by atoms with E-state index in [1.54, 1.807) is 22.7 Å². The molecule has 0 saturated carbocycles. The van der Waals surface area contributed by atoms with Gasteiger partial charge in [-0.15, -0.1) is 11.8 Å². The third-order valence-electron chi connectivity index (χ3n) is 8.69. The summed E-state index contributed by atoms with van der Waals surface area (Å²) in [6.07, 6.45) is 4.99. The number of hydrogen-bond donors (Lipinski definition) is 0. The van der Waals surface area contributed by atoms with Crippen LogP contribution in [0.4, 0.5) is 14.6 Å². The number of halogens is 2. The molecule has 2 aromatic carbocycles. The molecule has 0 unspecified atom stereocenters. The molecular formula is C32H34F2N6O2S. The van der Waals surface area contributed by atoms with E-state index in [-0.39, 0.29) is 47.5 Å². The van der Waals surface area contributed by atoms with Gasteiger partial charge in [-0.25, -0.2) is 15.4 Å². The minimum atomic E-state index is -0.747. The number of anilines is 1. The molecule has 2 saturated heterocycles. The Morgan fingerprint density at radius 3 is 2.86 bits per heavy atom. The second-order valence-corrected chi connectivity index (χ2v) is 12.4. The number of ether oxygens (including phenoxy) is 1. The van der Waals surface area contributed by atoms with Crippen LogP contribution in [0.3, 0.4) is 0 Å². The van der Waals surface area contributed by atoms with Crippen LogP contribution in [0.15, 0.2) is 41.8 Å². The Hall–Kier alpha value is -3.75. The van der Waals surface area contributed by atoms with Crippen LogP contribution in [0, 0.1) is 18.2 Å². The summed E-state index contributed by atoms with van der Waals surface area (Å²) in [6, 6.07) is 6.73. The number of rotatable bonds is 7. The standard InChI is InChI=1S/C32H34F2N6O2S/c1-4-27(41)40-14-13-39(18-21(40)17-35-2)31-24-16-25(33)28(23-9-5-11-26-22(23)10-7-15-43-26)29(34)30(24)36-32(37-31)42-19-20-8-6-12-38(20)3/h4-5,9,11,16,20-21H,1,6-8,10,12-15,17-19H2,3H3/t20-,21-/m0/s1. The first-order valence-corrected chi connectivity index (χ1v) is 15.7. The highest BCUT2D eigenvalue weighted by atomic mass is 32.2. The quantitative estimate of drug-likeness (QED) is 0.271. The first-order valence-electron chi connectivity index (χ1n) is 14.7. The maximum absolute atomic E-state index is 16.6. The molecule has 2 fully saturated rings. The van der Waals surface area contributed by atoms with Gasteiger partial charge < -0.3 is 24.3 Å². The Morgan fingerprint density at radius 2 is 2.09 bits per heavy atom. The zero-order valence-electron chi connectivity index (χ0n) is 24.2. The van der Waals surface area contributed by atoms with E-state index in [9.17, 15) is 4.79 Å². The van der Waals surface area contributed by atoms with Crippen LogP contribution in [0.5, 0.6) is 6.01 Å². The third kappa shape index (κ3) is 5.66. The SMILES string of the molecule is [C-]#[N+]C[C@H]1CN(c2nc(OC[C@@H]3CCCN3C)nc3c(F)c(-c4cccc5c4CCCS5)c(F)cc23)CCN1C(=O)C=C. The molecule has 11 heteroatoms. The molecule has 6 rings (SSSR count). The van der Waals surface area contributed by atoms with Crippen molar-refractivity contribution in [2.24, 2.45) is 0 Å². The molecule has 8 nitrogen and oxygen atoms in total. The van der Waals surface area contributed by atoms with Gasteiger partial charge in [-0.2, -0.15) is 9.97 Å². The Kier molecular flexibility index (Phi) is 8.50. The monoisotopic (exact) mass is 604 g/mol. The highest BCUT2D eigenvalue weighted by Gasteiger charge is 2.34. The molecule has 3 aliphatic heterocycles. The van der Waals surface area contributed by atoms with Gasteiger partial charge in [0.05, 0.1) is 5.56 Å². The van der Waals surface area contributed by atoms with Crippen LogP contribution in [-0.4, -0.2) is 89.9 Å². The summed E-state index contributed by atoms with van der Waals surface area (Å²) in [5.41, 5.74) is 1.40. The van der Waals surface area contributed by atoms with Crippen molar-refractivity contribution in [1.29, 1.82) is 0 Å². The van der Waals surface area contributed by atoms with Crippen molar-refractivity contribution in [3.63, 3.8) is 0 Å². The zero-order chi connectivity index (χ0) is 30.1. The van der Waals surface area contributed by atoms with Crippen LogP contribution in [0.25, 0.3) is 26.9 Å². The summed E-state index contributed by atoms with van der Waals surface area (Å²) in [5.74, 6) is -0.374. The summed E-state index contributed by atoms with van der Waals surface area (Å²) < 4.78 is 38.7. The van der Waals surface area contributed by atoms with Crippen LogP contribution >= 0.6 is 11.8 Å². The molecule has 0 bridgehead atoms. The number of likely N-dealkylation sites (tertiary alicyclic amines) is 1. The number of thioether (sulfide) groups is 1. The van der Waals surface area contributed by atoms with Crippen LogP contribution in [-0.2, 0) is 11.2 Å². The van der Waals surface area contributed by atoms with Gasteiger partial charge in [0, 0.05) is 36.0 Å². The molecule has 0 N–H and O–H groups in total. The molecule has 0 spiro atoms. The van der Waals surface area contributed by atoms with Gasteiger partial charge >= 0.3 is 6.01 Å². The number of fused-ring (bicyclic) bond motifs is 2. The van der Waals surface area contributed by atoms with Crippen molar-refractivity contribution < 1.29 is 18.3 Å². The average molecular weight is 605 g/mol. The van der Waals surface area contributed by atoms with Crippen LogP contribution in [0.1, 0.15) is 24.8 Å². The molecule has 224 valence electrons. The minimum Gasteiger partial charge on any atom is -0.462 e. The second kappa shape index (κ2) is 12.5. The van der Waals surface area contributed by atoms with Gasteiger partial charge in [-0.3, -0.25) is 4.79 Å². The number of hydrogen-bond acceptors (Lipinski definition) is 7. The first-order chi connectivity index (χ1) is 20.9. The van der Waals surface area contributed by atoms with E-state index in [1.165, 1.54) is 12.1 Å². The fourth-order valence-corrected chi connectivity index (χ4v) is 7.48.